The van der Waals surface area contributed by atoms with Crippen molar-refractivity contribution in [3.8, 4) is 11.5 Å². The van der Waals surface area contributed by atoms with Crippen LogP contribution in [0.3, 0.4) is 0 Å². The molecule has 3 rings (SSSR count). The molecule has 2 aliphatic rings. The highest BCUT2D eigenvalue weighted by atomic mass is 35.5. The Morgan fingerprint density at radius 3 is 2.61 bits per heavy atom. The lowest BCUT2D eigenvalue weighted by atomic mass is 9.87. The fourth-order valence-corrected chi connectivity index (χ4v) is 3.05. The third kappa shape index (κ3) is 1.60. The topological polar surface area (TPSA) is 61.6 Å². The number of carbonyl (C=O) groups excluding carboxylic acids is 1. The molecule has 5 heteroatoms. The Morgan fingerprint density at radius 2 is 1.94 bits per heavy atom. The van der Waals surface area contributed by atoms with Crippen molar-refractivity contribution in [2.75, 3.05) is 6.79 Å². The predicted octanol–water partition coefficient (Wildman–Crippen LogP) is 2.61. The molecule has 0 aromatic heterocycles. The molecule has 2 N–H and O–H groups in total. The zero-order valence-electron chi connectivity index (χ0n) is 9.87. The fraction of sp³-hybridized carbons (Fsp3) is 0.462. The third-order valence-electron chi connectivity index (χ3n) is 3.78. The summed E-state index contributed by atoms with van der Waals surface area (Å²) in [6.07, 6.45) is 4.69. The van der Waals surface area contributed by atoms with Crippen LogP contribution in [0.2, 0.25) is 5.02 Å². The number of halogens is 1. The van der Waals surface area contributed by atoms with Gasteiger partial charge in [0, 0.05) is 11.1 Å². The van der Waals surface area contributed by atoms with Crippen molar-refractivity contribution in [2.45, 2.75) is 31.2 Å². The first-order valence-corrected chi connectivity index (χ1v) is 6.40. The number of nitrogens with two attached hydrogens (primary N) is 1. The summed E-state index contributed by atoms with van der Waals surface area (Å²) in [5, 5.41) is 0.376. The van der Waals surface area contributed by atoms with E-state index in [1.54, 1.807) is 6.07 Å². The monoisotopic (exact) mass is 267 g/mol. The summed E-state index contributed by atoms with van der Waals surface area (Å²) in [5.41, 5.74) is 7.22. The molecule has 0 radical (unpaired) electrons. The molecule has 0 atom stereocenters. The molecule has 4 nitrogen and oxygen atoms in total. The van der Waals surface area contributed by atoms with Crippen LogP contribution in [0.25, 0.3) is 0 Å². The minimum absolute atomic E-state index is 0.111. The van der Waals surface area contributed by atoms with E-state index >= 15 is 0 Å². The number of carbonyl (C=O) groups is 1. The first kappa shape index (κ1) is 11.8. The van der Waals surface area contributed by atoms with E-state index in [0.29, 0.717) is 28.4 Å². The van der Waals surface area contributed by atoms with E-state index in [4.69, 9.17) is 26.8 Å². The average Bonchev–Trinajstić information content (AvgIpc) is 2.97. The summed E-state index contributed by atoms with van der Waals surface area (Å²) in [7, 11) is 0. The van der Waals surface area contributed by atoms with Gasteiger partial charge in [0.1, 0.15) is 0 Å². The number of ether oxygens (including phenoxy) is 2. The van der Waals surface area contributed by atoms with E-state index in [1.165, 1.54) is 0 Å². The number of fused-ring (bicyclic) bond motifs is 1. The molecule has 0 saturated heterocycles. The summed E-state index contributed by atoms with van der Waals surface area (Å²) < 4.78 is 10.8. The molecule has 0 spiro atoms. The summed E-state index contributed by atoms with van der Waals surface area (Å²) in [6.45, 7) is 0.111. The van der Waals surface area contributed by atoms with E-state index < -0.39 is 5.54 Å². The van der Waals surface area contributed by atoms with Crippen molar-refractivity contribution in [1.82, 2.24) is 0 Å². The Kier molecular flexibility index (Phi) is 2.72. The first-order valence-electron chi connectivity index (χ1n) is 6.02. The first-order chi connectivity index (χ1) is 8.65. The molecule has 1 saturated carbocycles. The third-order valence-corrected chi connectivity index (χ3v) is 4.09. The van der Waals surface area contributed by atoms with Gasteiger partial charge >= 0.3 is 0 Å². The number of benzene rings is 1. The molecule has 1 aliphatic carbocycles. The Balaban J connectivity index is 2.19. The second-order valence-electron chi connectivity index (χ2n) is 4.87. The highest BCUT2D eigenvalue weighted by Crippen LogP contribution is 2.49. The molecule has 0 amide bonds. The van der Waals surface area contributed by atoms with Crippen LogP contribution in [0.4, 0.5) is 0 Å². The van der Waals surface area contributed by atoms with Crippen molar-refractivity contribution in [1.29, 1.82) is 0 Å². The van der Waals surface area contributed by atoms with Crippen LogP contribution < -0.4 is 15.2 Å². The maximum Gasteiger partial charge on any atom is 0.231 e. The molecule has 0 bridgehead atoms. The predicted molar refractivity (Wildman–Crippen MR) is 67.3 cm³/mol. The van der Waals surface area contributed by atoms with Gasteiger partial charge < -0.3 is 15.2 Å². The van der Waals surface area contributed by atoms with Crippen LogP contribution in [-0.2, 0) is 5.54 Å². The van der Waals surface area contributed by atoms with Crippen molar-refractivity contribution >= 4 is 17.9 Å². The number of hydrogen-bond donors (Lipinski definition) is 1. The van der Waals surface area contributed by atoms with Gasteiger partial charge in [-0.3, -0.25) is 4.79 Å². The summed E-state index contributed by atoms with van der Waals surface area (Å²) in [6, 6.07) is 1.75. The van der Waals surface area contributed by atoms with E-state index in [9.17, 15) is 4.79 Å². The molecule has 18 heavy (non-hydrogen) atoms. The van der Waals surface area contributed by atoms with Crippen LogP contribution in [-0.4, -0.2) is 13.1 Å². The van der Waals surface area contributed by atoms with Gasteiger partial charge in [0.05, 0.1) is 10.6 Å². The summed E-state index contributed by atoms with van der Waals surface area (Å²) in [4.78, 5) is 11.0. The summed E-state index contributed by atoms with van der Waals surface area (Å²) in [5.74, 6) is 1.02. The maximum absolute atomic E-state index is 11.0. The van der Waals surface area contributed by atoms with Gasteiger partial charge in [-0.15, -0.1) is 0 Å². The zero-order valence-corrected chi connectivity index (χ0v) is 10.6. The van der Waals surface area contributed by atoms with E-state index in [1.807, 2.05) is 0 Å². The lowest BCUT2D eigenvalue weighted by molar-refractivity contribution is 0.111. The zero-order chi connectivity index (χ0) is 12.8. The van der Waals surface area contributed by atoms with Crippen molar-refractivity contribution in [3.05, 3.63) is 22.2 Å². The smallest absolute Gasteiger partial charge is 0.231 e. The van der Waals surface area contributed by atoms with E-state index in [0.717, 1.165) is 31.2 Å². The van der Waals surface area contributed by atoms with Crippen LogP contribution in [0.5, 0.6) is 11.5 Å². The molecule has 1 fully saturated rings. The fourth-order valence-electron chi connectivity index (χ4n) is 2.81. The average molecular weight is 268 g/mol. The second-order valence-corrected chi connectivity index (χ2v) is 5.27. The largest absolute Gasteiger partial charge is 0.453 e. The molecule has 0 unspecified atom stereocenters. The van der Waals surface area contributed by atoms with Crippen molar-refractivity contribution in [3.63, 3.8) is 0 Å². The SMILES string of the molecule is NC1(c2cc(Cl)c(C=O)c3c2OCO3)CCCC1. The molecular weight excluding hydrogens is 254 g/mol. The molecule has 1 heterocycles. The Hall–Kier alpha value is -1.26. The van der Waals surface area contributed by atoms with Crippen molar-refractivity contribution in [2.24, 2.45) is 5.73 Å². The Bertz CT molecular complexity index is 509. The molecule has 1 aromatic carbocycles. The van der Waals surface area contributed by atoms with Gasteiger partial charge in [-0.2, -0.15) is 0 Å². The van der Waals surface area contributed by atoms with Gasteiger partial charge in [0.2, 0.25) is 6.79 Å². The van der Waals surface area contributed by atoms with E-state index in [-0.39, 0.29) is 6.79 Å². The van der Waals surface area contributed by atoms with Crippen LogP contribution in [0.15, 0.2) is 6.07 Å². The normalized spacial score (nSPS) is 20.1. The van der Waals surface area contributed by atoms with Crippen LogP contribution in [0.1, 0.15) is 41.6 Å². The Labute approximate surface area is 110 Å². The quantitative estimate of drug-likeness (QED) is 0.837. The highest BCUT2D eigenvalue weighted by molar-refractivity contribution is 6.33. The van der Waals surface area contributed by atoms with Gasteiger partial charge in [0.15, 0.2) is 17.8 Å². The van der Waals surface area contributed by atoms with Gasteiger partial charge in [0.25, 0.3) is 0 Å². The lowest BCUT2D eigenvalue weighted by Crippen LogP contribution is -2.33. The number of aldehydes is 1. The lowest BCUT2D eigenvalue weighted by Gasteiger charge is -2.26. The van der Waals surface area contributed by atoms with E-state index in [2.05, 4.69) is 0 Å². The summed E-state index contributed by atoms with van der Waals surface area (Å²) >= 11 is 6.13. The minimum atomic E-state index is -0.414. The standard InChI is InChI=1S/C13H14ClNO3/c14-10-5-9(13(15)3-1-2-4-13)12-11(8(10)6-16)17-7-18-12/h5-6H,1-4,7,15H2. The van der Waals surface area contributed by atoms with Gasteiger partial charge in [-0.1, -0.05) is 24.4 Å². The minimum Gasteiger partial charge on any atom is -0.453 e. The second kappa shape index (κ2) is 4.14. The molecular formula is C13H14ClNO3. The maximum atomic E-state index is 11.0. The van der Waals surface area contributed by atoms with Gasteiger partial charge in [-0.05, 0) is 18.9 Å². The van der Waals surface area contributed by atoms with Crippen LogP contribution >= 0.6 is 11.6 Å². The number of hydrogen-bond acceptors (Lipinski definition) is 4. The molecule has 1 aliphatic heterocycles. The number of rotatable bonds is 2. The molecule has 1 aromatic rings. The van der Waals surface area contributed by atoms with Crippen molar-refractivity contribution < 1.29 is 14.3 Å². The highest BCUT2D eigenvalue weighted by Gasteiger charge is 2.38. The Morgan fingerprint density at radius 1 is 1.28 bits per heavy atom. The van der Waals surface area contributed by atoms with Gasteiger partial charge in [-0.25, -0.2) is 0 Å². The van der Waals surface area contributed by atoms with Crippen LogP contribution in [0, 0.1) is 0 Å². The molecule has 96 valence electrons.